The molecule has 1 fully saturated rings. The summed E-state index contributed by atoms with van der Waals surface area (Å²) in [4.78, 5) is 34.3. The molecule has 0 aromatic carbocycles. The number of carbonyl (C=O) groups excluding carboxylic acids is 2. The van der Waals surface area contributed by atoms with E-state index in [9.17, 15) is 19.5 Å². The maximum absolute atomic E-state index is 12.0. The Morgan fingerprint density at radius 3 is 2.18 bits per heavy atom. The Balaban J connectivity index is 2.55. The molecule has 0 saturated carbocycles. The number of hydrogen-bond acceptors (Lipinski definition) is 9. The number of nitrogens with one attached hydrogen (secondary N) is 1. The molecule has 0 aliphatic carbocycles. The highest BCUT2D eigenvalue weighted by atomic mass is 28.4. The summed E-state index contributed by atoms with van der Waals surface area (Å²) in [5.41, 5.74) is 0. The highest BCUT2D eigenvalue weighted by molar-refractivity contribution is 6.74. The number of carboxylic acids is 1. The second kappa shape index (κ2) is 16.6. The monoisotopic (exact) mass is 563 g/mol. The highest BCUT2D eigenvalue weighted by Crippen LogP contribution is 2.39. The van der Waals surface area contributed by atoms with Gasteiger partial charge in [-0.1, -0.05) is 27.7 Å². The van der Waals surface area contributed by atoms with Crippen molar-refractivity contribution >= 4 is 26.0 Å². The van der Waals surface area contributed by atoms with Gasteiger partial charge in [0, 0.05) is 26.4 Å². The van der Waals surface area contributed by atoms with Gasteiger partial charge in [0.25, 0.3) is 0 Å². The number of amides is 1. The van der Waals surface area contributed by atoms with Crippen LogP contribution in [0.4, 0.5) is 0 Å². The van der Waals surface area contributed by atoms with E-state index in [1.54, 1.807) is 0 Å². The lowest BCUT2D eigenvalue weighted by Gasteiger charge is -2.49. The number of carbonyl (C=O) groups is 3. The molecule has 0 bridgehead atoms. The van der Waals surface area contributed by atoms with Crippen LogP contribution in [0.1, 0.15) is 66.7 Å². The molecule has 1 saturated heterocycles. The third-order valence-corrected chi connectivity index (χ3v) is 11.4. The summed E-state index contributed by atoms with van der Waals surface area (Å²) in [5.74, 6) is -1.17. The molecule has 222 valence electrons. The molecule has 0 spiro atoms. The third-order valence-electron chi connectivity index (χ3n) is 6.92. The smallest absolute Gasteiger partial charge is 0.305 e. The fourth-order valence-corrected chi connectivity index (χ4v) is 5.03. The molecule has 0 aromatic rings. The Hall–Kier alpha value is -1.41. The van der Waals surface area contributed by atoms with Gasteiger partial charge < -0.3 is 38.9 Å². The lowest BCUT2D eigenvalue weighted by Crippen LogP contribution is -2.67. The molecule has 3 N–H and O–H groups in total. The van der Waals surface area contributed by atoms with Gasteiger partial charge in [0.15, 0.2) is 14.6 Å². The summed E-state index contributed by atoms with van der Waals surface area (Å²) in [6.45, 7) is 15.0. The summed E-state index contributed by atoms with van der Waals surface area (Å²) >= 11 is 0. The molecule has 5 unspecified atom stereocenters. The van der Waals surface area contributed by atoms with Crippen LogP contribution in [0.25, 0.3) is 0 Å². The van der Waals surface area contributed by atoms with Crippen LogP contribution in [-0.4, -0.2) is 99.9 Å². The highest BCUT2D eigenvalue weighted by Gasteiger charge is 2.50. The quantitative estimate of drug-likeness (QED) is 0.168. The standard InChI is InChI=1S/C26H49NO10Si/c1-8-20-23(32)24(37-38(6,7)26(3,4)5)22(27-18(2)28)25(36-20)35-17-16-33-13-9-10-19(29)11-14-34-15-12-21(30)31/h20,22-25,32H,8-17H2,1-7H3,(H,27,28)(H,30,31). The molecular formula is C26H49NO10Si. The van der Waals surface area contributed by atoms with Crippen molar-refractivity contribution in [1.29, 1.82) is 0 Å². The van der Waals surface area contributed by atoms with Gasteiger partial charge in [-0.25, -0.2) is 0 Å². The molecule has 1 heterocycles. The predicted octanol–water partition coefficient (Wildman–Crippen LogP) is 2.64. The number of Topliss-reactive ketones (excluding diaryl/α,β-unsaturated/α-hetero) is 1. The Bertz CT molecular complexity index is 742. The topological polar surface area (TPSA) is 150 Å². The minimum Gasteiger partial charge on any atom is -0.481 e. The van der Waals surface area contributed by atoms with Crippen molar-refractivity contribution in [3.63, 3.8) is 0 Å². The first kappa shape index (κ1) is 34.6. The number of ether oxygens (including phenoxy) is 4. The Morgan fingerprint density at radius 2 is 1.61 bits per heavy atom. The molecular weight excluding hydrogens is 514 g/mol. The Kier molecular flexibility index (Phi) is 15.2. The second-order valence-corrected chi connectivity index (χ2v) is 15.9. The molecule has 5 atom stereocenters. The number of ketones is 1. The number of aliphatic hydroxyl groups excluding tert-OH is 1. The Labute approximate surface area is 228 Å². The maximum Gasteiger partial charge on any atom is 0.305 e. The zero-order valence-corrected chi connectivity index (χ0v) is 25.1. The van der Waals surface area contributed by atoms with Gasteiger partial charge in [-0.15, -0.1) is 0 Å². The first-order chi connectivity index (χ1) is 17.7. The van der Waals surface area contributed by atoms with Crippen LogP contribution in [0.15, 0.2) is 0 Å². The van der Waals surface area contributed by atoms with Crippen molar-refractivity contribution in [1.82, 2.24) is 5.32 Å². The summed E-state index contributed by atoms with van der Waals surface area (Å²) in [5, 5.41) is 22.4. The van der Waals surface area contributed by atoms with Gasteiger partial charge in [0.1, 0.15) is 17.9 Å². The van der Waals surface area contributed by atoms with Crippen molar-refractivity contribution < 1.29 is 48.0 Å². The fourth-order valence-electron chi connectivity index (χ4n) is 3.71. The molecule has 12 heteroatoms. The zero-order chi connectivity index (χ0) is 28.9. The molecule has 38 heavy (non-hydrogen) atoms. The van der Waals surface area contributed by atoms with Crippen LogP contribution in [-0.2, 0) is 37.8 Å². The van der Waals surface area contributed by atoms with Crippen molar-refractivity contribution in [2.45, 2.75) is 115 Å². The van der Waals surface area contributed by atoms with Gasteiger partial charge >= 0.3 is 5.97 Å². The average Bonchev–Trinajstić information content (AvgIpc) is 2.80. The van der Waals surface area contributed by atoms with Crippen molar-refractivity contribution in [3.05, 3.63) is 0 Å². The van der Waals surface area contributed by atoms with E-state index in [-0.39, 0.29) is 56.0 Å². The maximum atomic E-state index is 12.0. The SMILES string of the molecule is CCC1OC(OCCOCCCC(=O)CCOCCC(=O)O)C(NC(C)=O)C(O[Si](C)(C)C(C)(C)C)C1O. The lowest BCUT2D eigenvalue weighted by molar-refractivity contribution is -0.264. The molecule has 0 radical (unpaired) electrons. The number of carboxylic acid groups (broad SMARTS) is 1. The third kappa shape index (κ3) is 12.2. The number of hydrogen-bond donors (Lipinski definition) is 3. The van der Waals surface area contributed by atoms with Gasteiger partial charge in [-0.05, 0) is 31.0 Å². The first-order valence-corrected chi connectivity index (χ1v) is 16.4. The molecule has 1 aliphatic heterocycles. The average molecular weight is 564 g/mol. The molecule has 11 nitrogen and oxygen atoms in total. The normalized spacial score (nSPS) is 24.3. The Morgan fingerprint density at radius 1 is 0.974 bits per heavy atom. The van der Waals surface area contributed by atoms with Crippen molar-refractivity contribution in [2.75, 3.05) is 33.0 Å². The van der Waals surface area contributed by atoms with E-state index in [1.165, 1.54) is 6.92 Å². The first-order valence-electron chi connectivity index (χ1n) is 13.5. The summed E-state index contributed by atoms with van der Waals surface area (Å²) in [6, 6.07) is -0.685. The van der Waals surface area contributed by atoms with Gasteiger partial charge in [-0.3, -0.25) is 14.4 Å². The predicted molar refractivity (Wildman–Crippen MR) is 143 cm³/mol. The fraction of sp³-hybridized carbons (Fsp3) is 0.885. The van der Waals surface area contributed by atoms with Crippen LogP contribution in [0.5, 0.6) is 0 Å². The van der Waals surface area contributed by atoms with E-state index >= 15 is 0 Å². The zero-order valence-electron chi connectivity index (χ0n) is 24.1. The summed E-state index contributed by atoms with van der Waals surface area (Å²) in [6.07, 6.45) is -1.28. The van der Waals surface area contributed by atoms with Gasteiger partial charge in [-0.2, -0.15) is 0 Å². The number of rotatable bonds is 18. The molecule has 1 amide bonds. The molecule has 1 rings (SSSR count). The second-order valence-electron chi connectivity index (χ2n) is 11.1. The van der Waals surface area contributed by atoms with Gasteiger partial charge in [0.2, 0.25) is 5.91 Å². The number of aliphatic carboxylic acids is 1. The molecule has 0 aromatic heterocycles. The minimum atomic E-state index is -2.28. The van der Waals surface area contributed by atoms with Crippen molar-refractivity contribution in [3.8, 4) is 0 Å². The van der Waals surface area contributed by atoms with E-state index in [4.69, 9.17) is 28.5 Å². The van der Waals surface area contributed by atoms with Crippen LogP contribution in [0.2, 0.25) is 18.1 Å². The van der Waals surface area contributed by atoms with E-state index in [2.05, 4.69) is 39.2 Å². The van der Waals surface area contributed by atoms with Crippen LogP contribution in [0.3, 0.4) is 0 Å². The van der Waals surface area contributed by atoms with E-state index < -0.39 is 44.9 Å². The minimum absolute atomic E-state index is 0.0332. The van der Waals surface area contributed by atoms with Gasteiger partial charge in [0.05, 0.1) is 45.1 Å². The van der Waals surface area contributed by atoms with Crippen LogP contribution < -0.4 is 5.32 Å². The summed E-state index contributed by atoms with van der Waals surface area (Å²) < 4.78 is 29.3. The largest absolute Gasteiger partial charge is 0.481 e. The van der Waals surface area contributed by atoms with Crippen molar-refractivity contribution in [2.24, 2.45) is 0 Å². The van der Waals surface area contributed by atoms with E-state index in [0.29, 0.717) is 25.9 Å². The number of aliphatic hydroxyl groups is 1. The lowest BCUT2D eigenvalue weighted by atomic mass is 9.95. The molecule has 1 aliphatic rings. The van der Waals surface area contributed by atoms with Crippen LogP contribution in [0, 0.1) is 0 Å². The van der Waals surface area contributed by atoms with Crippen LogP contribution >= 0.6 is 0 Å². The van der Waals surface area contributed by atoms with E-state index in [0.717, 1.165) is 0 Å². The summed E-state index contributed by atoms with van der Waals surface area (Å²) in [7, 11) is -2.28. The van der Waals surface area contributed by atoms with E-state index in [1.807, 2.05) is 6.92 Å².